The molecule has 0 bridgehead atoms. The fourth-order valence-corrected chi connectivity index (χ4v) is 3.59. The number of phenolic OH excluding ortho intramolecular Hbond substituents is 2. The number of benzene rings is 1. The maximum Gasteiger partial charge on any atom is 0.255 e. The van der Waals surface area contributed by atoms with E-state index >= 15 is 0 Å². The number of hydrogen-bond acceptors (Lipinski definition) is 4. The molecular formula is C22H26N2O3. The van der Waals surface area contributed by atoms with Gasteiger partial charge in [-0.2, -0.15) is 0 Å². The zero-order valence-corrected chi connectivity index (χ0v) is 15.6. The van der Waals surface area contributed by atoms with E-state index in [2.05, 4.69) is 4.98 Å². The van der Waals surface area contributed by atoms with Crippen molar-refractivity contribution in [3.05, 3.63) is 53.7 Å². The predicted octanol–water partition coefficient (Wildman–Crippen LogP) is 4.65. The highest BCUT2D eigenvalue weighted by atomic mass is 16.3. The van der Waals surface area contributed by atoms with Crippen LogP contribution in [0.15, 0.2) is 48.2 Å². The molecule has 5 nitrogen and oxygen atoms in total. The Bertz CT molecular complexity index is 812. The molecule has 1 heterocycles. The molecule has 0 spiro atoms. The molecule has 0 atom stereocenters. The molecule has 1 amide bonds. The second kappa shape index (κ2) is 8.71. The van der Waals surface area contributed by atoms with Gasteiger partial charge in [0.25, 0.3) is 5.91 Å². The molecule has 2 N–H and O–H groups in total. The van der Waals surface area contributed by atoms with Crippen LogP contribution in [0.2, 0.25) is 0 Å². The Morgan fingerprint density at radius 3 is 2.56 bits per heavy atom. The molecule has 3 rings (SSSR count). The van der Waals surface area contributed by atoms with Crippen LogP contribution in [0.5, 0.6) is 11.5 Å². The lowest BCUT2D eigenvalue weighted by atomic mass is 9.93. The number of aromatic nitrogens is 1. The molecule has 1 aliphatic carbocycles. The zero-order chi connectivity index (χ0) is 19.2. The first-order valence-electron chi connectivity index (χ1n) is 9.57. The lowest BCUT2D eigenvalue weighted by molar-refractivity contribution is -0.115. The highest BCUT2D eigenvalue weighted by Crippen LogP contribution is 2.30. The molecule has 1 aliphatic rings. The van der Waals surface area contributed by atoms with E-state index in [1.165, 1.54) is 18.6 Å². The molecule has 2 aromatic rings. The van der Waals surface area contributed by atoms with Crippen LogP contribution in [0.1, 0.15) is 51.0 Å². The number of carbonyl (C=O) groups is 1. The van der Waals surface area contributed by atoms with Crippen molar-refractivity contribution in [1.29, 1.82) is 0 Å². The quantitative estimate of drug-likeness (QED) is 0.597. The van der Waals surface area contributed by atoms with Crippen LogP contribution in [0.4, 0.5) is 5.82 Å². The number of aromatic hydroxyl groups is 2. The third kappa shape index (κ3) is 4.48. The summed E-state index contributed by atoms with van der Waals surface area (Å²) in [5.41, 5.74) is 1.33. The fraction of sp³-hybridized carbons (Fsp3) is 0.364. The van der Waals surface area contributed by atoms with E-state index in [1.54, 1.807) is 18.3 Å². The van der Waals surface area contributed by atoms with E-state index in [1.807, 2.05) is 30.0 Å². The number of anilines is 1. The molecule has 1 fully saturated rings. The van der Waals surface area contributed by atoms with Gasteiger partial charge in [-0.15, -0.1) is 0 Å². The van der Waals surface area contributed by atoms with Gasteiger partial charge in [0.1, 0.15) is 5.82 Å². The number of phenols is 2. The Morgan fingerprint density at radius 1 is 1.15 bits per heavy atom. The van der Waals surface area contributed by atoms with Crippen LogP contribution in [0, 0.1) is 0 Å². The number of carbonyl (C=O) groups excluding carboxylic acids is 1. The Labute approximate surface area is 160 Å². The van der Waals surface area contributed by atoms with Gasteiger partial charge in [-0.05, 0) is 55.2 Å². The molecule has 0 unspecified atom stereocenters. The predicted molar refractivity (Wildman–Crippen MR) is 107 cm³/mol. The molecule has 0 radical (unpaired) electrons. The third-order valence-corrected chi connectivity index (χ3v) is 5.05. The molecule has 0 aliphatic heterocycles. The summed E-state index contributed by atoms with van der Waals surface area (Å²) in [6, 6.07) is 10.4. The van der Waals surface area contributed by atoms with Crippen LogP contribution in [0.25, 0.3) is 6.08 Å². The van der Waals surface area contributed by atoms with Crippen molar-refractivity contribution in [2.45, 2.75) is 51.5 Å². The summed E-state index contributed by atoms with van der Waals surface area (Å²) in [5.74, 6) is 0.271. The van der Waals surface area contributed by atoms with Gasteiger partial charge in [-0.3, -0.25) is 9.69 Å². The minimum atomic E-state index is -0.194. The van der Waals surface area contributed by atoms with E-state index in [4.69, 9.17) is 0 Å². The SMILES string of the molecule is CC/C(=C/c1ccc(O)c(O)c1)C(=O)N(c1ccccn1)C1CCCCC1. The number of hydrogen-bond donors (Lipinski definition) is 2. The van der Waals surface area contributed by atoms with Gasteiger partial charge in [-0.1, -0.05) is 38.3 Å². The van der Waals surface area contributed by atoms with Crippen molar-refractivity contribution in [3.8, 4) is 11.5 Å². The van der Waals surface area contributed by atoms with E-state index in [-0.39, 0.29) is 23.4 Å². The molecule has 1 aromatic carbocycles. The van der Waals surface area contributed by atoms with Gasteiger partial charge in [0.2, 0.25) is 0 Å². The fourth-order valence-electron chi connectivity index (χ4n) is 3.59. The number of amides is 1. The standard InChI is InChI=1S/C22H26N2O3/c1-2-17(14-16-11-12-19(25)20(26)15-16)22(27)24(18-8-4-3-5-9-18)21-10-6-7-13-23-21/h6-7,10-15,18,25-26H,2-5,8-9H2,1H3/b17-14-. The highest BCUT2D eigenvalue weighted by Gasteiger charge is 2.29. The summed E-state index contributed by atoms with van der Waals surface area (Å²) in [5, 5.41) is 19.2. The Balaban J connectivity index is 1.95. The normalized spacial score (nSPS) is 15.5. The Morgan fingerprint density at radius 2 is 1.93 bits per heavy atom. The summed E-state index contributed by atoms with van der Waals surface area (Å²) in [6.45, 7) is 1.95. The number of nitrogens with zero attached hydrogens (tertiary/aromatic N) is 2. The molecule has 5 heteroatoms. The Kier molecular flexibility index (Phi) is 6.12. The van der Waals surface area contributed by atoms with Gasteiger partial charge in [0.15, 0.2) is 11.5 Å². The third-order valence-electron chi connectivity index (χ3n) is 5.05. The number of pyridine rings is 1. The van der Waals surface area contributed by atoms with Gasteiger partial charge >= 0.3 is 0 Å². The van der Waals surface area contributed by atoms with E-state index in [9.17, 15) is 15.0 Å². The summed E-state index contributed by atoms with van der Waals surface area (Å²) in [7, 11) is 0. The maximum absolute atomic E-state index is 13.4. The topological polar surface area (TPSA) is 73.7 Å². The lowest BCUT2D eigenvalue weighted by Crippen LogP contribution is -2.42. The number of rotatable bonds is 5. The molecule has 142 valence electrons. The minimum absolute atomic E-state index is 0.0457. The molecule has 1 aromatic heterocycles. The monoisotopic (exact) mass is 366 g/mol. The van der Waals surface area contributed by atoms with Crippen LogP contribution in [-0.4, -0.2) is 27.1 Å². The smallest absolute Gasteiger partial charge is 0.255 e. The lowest BCUT2D eigenvalue weighted by Gasteiger charge is -2.34. The average Bonchev–Trinajstić information content (AvgIpc) is 2.70. The molecular weight excluding hydrogens is 340 g/mol. The molecule has 1 saturated carbocycles. The van der Waals surface area contributed by atoms with Gasteiger partial charge < -0.3 is 10.2 Å². The first-order valence-corrected chi connectivity index (χ1v) is 9.57. The Hall–Kier alpha value is -2.82. The van der Waals surface area contributed by atoms with Crippen LogP contribution >= 0.6 is 0 Å². The van der Waals surface area contributed by atoms with Crippen LogP contribution in [-0.2, 0) is 4.79 Å². The second-order valence-electron chi connectivity index (χ2n) is 6.93. The van der Waals surface area contributed by atoms with Crippen molar-refractivity contribution in [2.75, 3.05) is 4.90 Å². The summed E-state index contributed by atoms with van der Waals surface area (Å²) >= 11 is 0. The second-order valence-corrected chi connectivity index (χ2v) is 6.93. The largest absolute Gasteiger partial charge is 0.504 e. The van der Waals surface area contributed by atoms with Crippen molar-refractivity contribution < 1.29 is 15.0 Å². The van der Waals surface area contributed by atoms with Gasteiger partial charge in [0, 0.05) is 17.8 Å². The minimum Gasteiger partial charge on any atom is -0.504 e. The van der Waals surface area contributed by atoms with Crippen LogP contribution in [0.3, 0.4) is 0 Å². The van der Waals surface area contributed by atoms with Crippen molar-refractivity contribution in [1.82, 2.24) is 4.98 Å². The van der Waals surface area contributed by atoms with Gasteiger partial charge in [0.05, 0.1) is 0 Å². The zero-order valence-electron chi connectivity index (χ0n) is 15.6. The van der Waals surface area contributed by atoms with E-state index < -0.39 is 0 Å². The first kappa shape index (κ1) is 19.0. The highest BCUT2D eigenvalue weighted by molar-refractivity contribution is 6.08. The first-order chi connectivity index (χ1) is 13.1. The van der Waals surface area contributed by atoms with Crippen LogP contribution < -0.4 is 4.90 Å². The van der Waals surface area contributed by atoms with Gasteiger partial charge in [-0.25, -0.2) is 4.98 Å². The summed E-state index contributed by atoms with van der Waals surface area (Å²) in [6.07, 6.45) is 9.49. The van der Waals surface area contributed by atoms with E-state index in [0.717, 1.165) is 25.7 Å². The summed E-state index contributed by atoms with van der Waals surface area (Å²) in [4.78, 5) is 19.7. The average molecular weight is 366 g/mol. The molecule has 27 heavy (non-hydrogen) atoms. The maximum atomic E-state index is 13.4. The summed E-state index contributed by atoms with van der Waals surface area (Å²) < 4.78 is 0. The molecule has 0 saturated heterocycles. The van der Waals surface area contributed by atoms with Crippen molar-refractivity contribution >= 4 is 17.8 Å². The van der Waals surface area contributed by atoms with E-state index in [0.29, 0.717) is 23.4 Å². The van der Waals surface area contributed by atoms with Crippen molar-refractivity contribution in [3.63, 3.8) is 0 Å². The van der Waals surface area contributed by atoms with Crippen molar-refractivity contribution in [2.24, 2.45) is 0 Å².